The average Bonchev–Trinajstić information content (AvgIpc) is 2.45. The fraction of sp³-hybridized carbons (Fsp3) is 0.278. The highest BCUT2D eigenvalue weighted by Crippen LogP contribution is 2.19. The summed E-state index contributed by atoms with van der Waals surface area (Å²) >= 11 is 0. The topological polar surface area (TPSA) is 38.3 Å². The van der Waals surface area contributed by atoms with Gasteiger partial charge in [-0.2, -0.15) is 0 Å². The molecule has 1 N–H and O–H groups in total. The zero-order chi connectivity index (χ0) is 15.2. The van der Waals surface area contributed by atoms with E-state index in [1.807, 2.05) is 50.2 Å². The summed E-state index contributed by atoms with van der Waals surface area (Å²) in [5, 5.41) is 2.87. The van der Waals surface area contributed by atoms with Gasteiger partial charge in [0, 0.05) is 17.7 Å². The SMILES string of the molecule is Cc1cccc(COc2cccc(NC(=O)C(C)C)c2)c1. The highest BCUT2D eigenvalue weighted by Gasteiger charge is 2.07. The number of nitrogens with one attached hydrogen (secondary N) is 1. The number of carbonyl (C=O) groups excluding carboxylic acids is 1. The first kappa shape index (κ1) is 15.1. The monoisotopic (exact) mass is 283 g/mol. The molecule has 0 spiro atoms. The van der Waals surface area contributed by atoms with Crippen LogP contribution in [0.5, 0.6) is 5.75 Å². The zero-order valence-corrected chi connectivity index (χ0v) is 12.7. The lowest BCUT2D eigenvalue weighted by atomic mass is 10.1. The second-order valence-electron chi connectivity index (χ2n) is 5.45. The molecular formula is C18H21NO2. The zero-order valence-electron chi connectivity index (χ0n) is 12.7. The van der Waals surface area contributed by atoms with Crippen LogP contribution in [0.3, 0.4) is 0 Å². The number of amides is 1. The Morgan fingerprint density at radius 3 is 2.62 bits per heavy atom. The van der Waals surface area contributed by atoms with Crippen LogP contribution >= 0.6 is 0 Å². The molecule has 3 nitrogen and oxygen atoms in total. The van der Waals surface area contributed by atoms with Crippen LogP contribution in [0.2, 0.25) is 0 Å². The molecule has 0 aliphatic carbocycles. The van der Waals surface area contributed by atoms with Crippen molar-refractivity contribution in [1.82, 2.24) is 0 Å². The van der Waals surface area contributed by atoms with Crippen LogP contribution in [-0.4, -0.2) is 5.91 Å². The fourth-order valence-electron chi connectivity index (χ4n) is 1.92. The highest BCUT2D eigenvalue weighted by atomic mass is 16.5. The number of rotatable bonds is 5. The molecule has 2 aromatic carbocycles. The van der Waals surface area contributed by atoms with Gasteiger partial charge in [-0.15, -0.1) is 0 Å². The molecule has 0 heterocycles. The minimum atomic E-state index is -0.0399. The van der Waals surface area contributed by atoms with Gasteiger partial charge in [-0.3, -0.25) is 4.79 Å². The van der Waals surface area contributed by atoms with Crippen molar-refractivity contribution in [1.29, 1.82) is 0 Å². The Labute approximate surface area is 126 Å². The summed E-state index contributed by atoms with van der Waals surface area (Å²) in [5.74, 6) is 0.714. The maximum Gasteiger partial charge on any atom is 0.226 e. The van der Waals surface area contributed by atoms with Gasteiger partial charge in [0.1, 0.15) is 12.4 Å². The van der Waals surface area contributed by atoms with Gasteiger partial charge in [-0.25, -0.2) is 0 Å². The van der Waals surface area contributed by atoms with E-state index in [2.05, 4.69) is 24.4 Å². The van der Waals surface area contributed by atoms with E-state index in [-0.39, 0.29) is 11.8 Å². The van der Waals surface area contributed by atoms with Gasteiger partial charge in [-0.05, 0) is 24.6 Å². The number of aryl methyl sites for hydroxylation is 1. The Morgan fingerprint density at radius 2 is 1.90 bits per heavy atom. The molecule has 2 rings (SSSR count). The Bertz CT molecular complexity index is 620. The summed E-state index contributed by atoms with van der Waals surface area (Å²) in [4.78, 5) is 11.7. The van der Waals surface area contributed by atoms with Crippen molar-refractivity contribution in [2.75, 3.05) is 5.32 Å². The lowest BCUT2D eigenvalue weighted by molar-refractivity contribution is -0.118. The number of hydrogen-bond donors (Lipinski definition) is 1. The molecule has 110 valence electrons. The van der Waals surface area contributed by atoms with E-state index < -0.39 is 0 Å². The third-order valence-corrected chi connectivity index (χ3v) is 3.11. The van der Waals surface area contributed by atoms with Crippen molar-refractivity contribution in [2.24, 2.45) is 5.92 Å². The summed E-state index contributed by atoms with van der Waals surface area (Å²) in [7, 11) is 0. The normalized spacial score (nSPS) is 10.5. The van der Waals surface area contributed by atoms with Crippen LogP contribution in [-0.2, 0) is 11.4 Å². The first-order valence-corrected chi connectivity index (χ1v) is 7.14. The van der Waals surface area contributed by atoms with E-state index in [1.54, 1.807) is 0 Å². The molecular weight excluding hydrogens is 262 g/mol. The molecule has 0 fully saturated rings. The predicted molar refractivity (Wildman–Crippen MR) is 85.4 cm³/mol. The second kappa shape index (κ2) is 6.93. The van der Waals surface area contributed by atoms with E-state index in [0.717, 1.165) is 17.0 Å². The smallest absolute Gasteiger partial charge is 0.226 e. The van der Waals surface area contributed by atoms with Crippen molar-refractivity contribution in [3.8, 4) is 5.75 Å². The van der Waals surface area contributed by atoms with E-state index in [0.29, 0.717) is 6.61 Å². The third-order valence-electron chi connectivity index (χ3n) is 3.11. The fourth-order valence-corrected chi connectivity index (χ4v) is 1.92. The molecule has 0 saturated heterocycles. The first-order valence-electron chi connectivity index (χ1n) is 7.14. The molecule has 0 aliphatic heterocycles. The molecule has 21 heavy (non-hydrogen) atoms. The Balaban J connectivity index is 1.99. The standard InChI is InChI=1S/C18H21NO2/c1-13(2)18(20)19-16-8-5-9-17(11-16)21-12-15-7-4-6-14(3)10-15/h4-11,13H,12H2,1-3H3,(H,19,20). The van der Waals surface area contributed by atoms with Crippen LogP contribution < -0.4 is 10.1 Å². The number of anilines is 1. The molecule has 0 atom stereocenters. The lowest BCUT2D eigenvalue weighted by Crippen LogP contribution is -2.17. The Hall–Kier alpha value is -2.29. The number of hydrogen-bond acceptors (Lipinski definition) is 2. The number of benzene rings is 2. The van der Waals surface area contributed by atoms with Gasteiger partial charge >= 0.3 is 0 Å². The van der Waals surface area contributed by atoms with Gasteiger partial charge in [0.15, 0.2) is 0 Å². The largest absolute Gasteiger partial charge is 0.489 e. The van der Waals surface area contributed by atoms with Gasteiger partial charge in [0.2, 0.25) is 5.91 Å². The van der Waals surface area contributed by atoms with Crippen molar-refractivity contribution in [3.63, 3.8) is 0 Å². The summed E-state index contributed by atoms with van der Waals surface area (Å²) in [6.07, 6.45) is 0. The highest BCUT2D eigenvalue weighted by molar-refractivity contribution is 5.92. The molecule has 0 aliphatic rings. The van der Waals surface area contributed by atoms with E-state index in [4.69, 9.17) is 4.74 Å². The van der Waals surface area contributed by atoms with Crippen molar-refractivity contribution < 1.29 is 9.53 Å². The number of carbonyl (C=O) groups is 1. The molecule has 3 heteroatoms. The van der Waals surface area contributed by atoms with Crippen LogP contribution in [0.25, 0.3) is 0 Å². The first-order chi connectivity index (χ1) is 10.0. The van der Waals surface area contributed by atoms with Crippen LogP contribution in [0.4, 0.5) is 5.69 Å². The van der Waals surface area contributed by atoms with E-state index >= 15 is 0 Å². The van der Waals surface area contributed by atoms with Gasteiger partial charge in [0.05, 0.1) is 0 Å². The average molecular weight is 283 g/mol. The minimum absolute atomic E-state index is 0.00540. The molecule has 0 saturated carbocycles. The lowest BCUT2D eigenvalue weighted by Gasteiger charge is -2.11. The molecule has 0 radical (unpaired) electrons. The molecule has 0 aromatic heterocycles. The Morgan fingerprint density at radius 1 is 1.14 bits per heavy atom. The molecule has 0 bridgehead atoms. The Kier molecular flexibility index (Phi) is 4.99. The molecule has 2 aromatic rings. The van der Waals surface area contributed by atoms with Gasteiger partial charge in [0.25, 0.3) is 0 Å². The summed E-state index contributed by atoms with van der Waals surface area (Å²) in [6.45, 7) is 6.32. The van der Waals surface area contributed by atoms with E-state index in [9.17, 15) is 4.79 Å². The quantitative estimate of drug-likeness (QED) is 0.894. The van der Waals surface area contributed by atoms with Crippen LogP contribution in [0, 0.1) is 12.8 Å². The van der Waals surface area contributed by atoms with Crippen molar-refractivity contribution in [3.05, 3.63) is 59.7 Å². The summed E-state index contributed by atoms with van der Waals surface area (Å²) in [5.41, 5.74) is 3.11. The molecule has 0 unspecified atom stereocenters. The maximum absolute atomic E-state index is 11.7. The van der Waals surface area contributed by atoms with Crippen molar-refractivity contribution >= 4 is 11.6 Å². The molecule has 1 amide bonds. The summed E-state index contributed by atoms with van der Waals surface area (Å²) in [6, 6.07) is 15.7. The van der Waals surface area contributed by atoms with Crippen LogP contribution in [0.1, 0.15) is 25.0 Å². The van der Waals surface area contributed by atoms with Gasteiger partial charge in [-0.1, -0.05) is 49.7 Å². The van der Waals surface area contributed by atoms with Crippen molar-refractivity contribution in [2.45, 2.75) is 27.4 Å². The maximum atomic E-state index is 11.7. The summed E-state index contributed by atoms with van der Waals surface area (Å²) < 4.78 is 5.78. The van der Waals surface area contributed by atoms with Gasteiger partial charge < -0.3 is 10.1 Å². The van der Waals surface area contributed by atoms with E-state index in [1.165, 1.54) is 5.56 Å². The minimum Gasteiger partial charge on any atom is -0.489 e. The third kappa shape index (κ3) is 4.63. The number of ether oxygens (including phenoxy) is 1. The second-order valence-corrected chi connectivity index (χ2v) is 5.45. The predicted octanol–water partition coefficient (Wildman–Crippen LogP) is 4.17. The van der Waals surface area contributed by atoms with Crippen LogP contribution in [0.15, 0.2) is 48.5 Å².